The predicted octanol–water partition coefficient (Wildman–Crippen LogP) is -0.245. The van der Waals surface area contributed by atoms with Gasteiger partial charge in [-0.15, -0.1) is 0 Å². The summed E-state index contributed by atoms with van der Waals surface area (Å²) >= 11 is 0. The Hall–Kier alpha value is -1.30. The fourth-order valence-corrected chi connectivity index (χ4v) is 3.35. The lowest BCUT2D eigenvalue weighted by Gasteiger charge is -2.37. The standard InChI is InChI=1S/C13H22N4O2/c18-12(11-2-1-5-14-11)16-7-3-10(4-8-16)17-9-6-15-13(17)19/h10-11,14H,1-9H2,(H,15,19)/t11-/m0/s1. The third-order valence-electron chi connectivity index (χ3n) is 4.47. The number of carbonyl (C=O) groups excluding carboxylic acids is 2. The van der Waals surface area contributed by atoms with Gasteiger partial charge < -0.3 is 20.4 Å². The average molecular weight is 266 g/mol. The molecule has 0 aromatic heterocycles. The van der Waals surface area contributed by atoms with Crippen LogP contribution in [-0.4, -0.2) is 66.5 Å². The molecule has 3 saturated heterocycles. The van der Waals surface area contributed by atoms with E-state index in [1.807, 2.05) is 9.80 Å². The first kappa shape index (κ1) is 12.7. The van der Waals surface area contributed by atoms with Crippen molar-refractivity contribution in [3.05, 3.63) is 0 Å². The quantitative estimate of drug-likeness (QED) is 0.725. The maximum Gasteiger partial charge on any atom is 0.317 e. The smallest absolute Gasteiger partial charge is 0.317 e. The molecule has 3 aliphatic rings. The van der Waals surface area contributed by atoms with E-state index in [-0.39, 0.29) is 18.0 Å². The van der Waals surface area contributed by atoms with Gasteiger partial charge in [0.25, 0.3) is 0 Å². The zero-order valence-corrected chi connectivity index (χ0v) is 11.2. The van der Waals surface area contributed by atoms with Crippen molar-refractivity contribution in [1.29, 1.82) is 0 Å². The molecule has 0 unspecified atom stereocenters. The Kier molecular flexibility index (Phi) is 3.59. The predicted molar refractivity (Wildman–Crippen MR) is 70.7 cm³/mol. The van der Waals surface area contributed by atoms with Crippen molar-refractivity contribution in [2.75, 3.05) is 32.7 Å². The molecular weight excluding hydrogens is 244 g/mol. The van der Waals surface area contributed by atoms with Gasteiger partial charge in [-0.05, 0) is 32.2 Å². The van der Waals surface area contributed by atoms with Crippen LogP contribution in [0.15, 0.2) is 0 Å². The van der Waals surface area contributed by atoms with Gasteiger partial charge in [0.15, 0.2) is 0 Å². The van der Waals surface area contributed by atoms with Crippen LogP contribution in [0.3, 0.4) is 0 Å². The number of piperidine rings is 1. The molecule has 0 spiro atoms. The lowest BCUT2D eigenvalue weighted by molar-refractivity contribution is -0.134. The molecule has 3 rings (SSSR count). The summed E-state index contributed by atoms with van der Waals surface area (Å²) in [6.45, 7) is 4.09. The van der Waals surface area contributed by atoms with E-state index in [2.05, 4.69) is 10.6 Å². The molecule has 19 heavy (non-hydrogen) atoms. The molecule has 3 fully saturated rings. The van der Waals surface area contributed by atoms with Crippen molar-refractivity contribution in [3.63, 3.8) is 0 Å². The number of nitrogens with zero attached hydrogens (tertiary/aromatic N) is 2. The lowest BCUT2D eigenvalue weighted by Crippen LogP contribution is -2.51. The van der Waals surface area contributed by atoms with E-state index >= 15 is 0 Å². The van der Waals surface area contributed by atoms with Crippen LogP contribution in [0.4, 0.5) is 4.79 Å². The first-order chi connectivity index (χ1) is 9.25. The van der Waals surface area contributed by atoms with Gasteiger partial charge in [-0.2, -0.15) is 0 Å². The van der Waals surface area contributed by atoms with Gasteiger partial charge >= 0.3 is 6.03 Å². The number of hydrogen-bond acceptors (Lipinski definition) is 3. The Labute approximate surface area is 113 Å². The molecule has 0 radical (unpaired) electrons. The second-order valence-corrected chi connectivity index (χ2v) is 5.63. The molecule has 1 atom stereocenters. The van der Waals surface area contributed by atoms with Crippen molar-refractivity contribution in [3.8, 4) is 0 Å². The molecule has 3 heterocycles. The molecular formula is C13H22N4O2. The fourth-order valence-electron chi connectivity index (χ4n) is 3.35. The second kappa shape index (κ2) is 5.36. The minimum Gasteiger partial charge on any atom is -0.341 e. The Morgan fingerprint density at radius 3 is 2.47 bits per heavy atom. The van der Waals surface area contributed by atoms with Crippen molar-refractivity contribution < 1.29 is 9.59 Å². The minimum absolute atomic E-state index is 0.0339. The number of urea groups is 1. The summed E-state index contributed by atoms with van der Waals surface area (Å²) in [5.74, 6) is 0.252. The van der Waals surface area contributed by atoms with E-state index in [0.29, 0.717) is 6.04 Å². The Bertz CT molecular complexity index is 360. The molecule has 0 aromatic carbocycles. The van der Waals surface area contributed by atoms with Gasteiger partial charge in [-0.3, -0.25) is 4.79 Å². The Morgan fingerprint density at radius 1 is 1.11 bits per heavy atom. The van der Waals surface area contributed by atoms with Crippen LogP contribution in [0.25, 0.3) is 0 Å². The minimum atomic E-state index is 0.0339. The van der Waals surface area contributed by atoms with Gasteiger partial charge in [-0.25, -0.2) is 4.79 Å². The van der Waals surface area contributed by atoms with Crippen LogP contribution in [-0.2, 0) is 4.79 Å². The van der Waals surface area contributed by atoms with Crippen molar-refractivity contribution in [2.24, 2.45) is 0 Å². The molecule has 6 nitrogen and oxygen atoms in total. The van der Waals surface area contributed by atoms with E-state index in [4.69, 9.17) is 0 Å². The topological polar surface area (TPSA) is 64.7 Å². The van der Waals surface area contributed by atoms with Crippen LogP contribution < -0.4 is 10.6 Å². The van der Waals surface area contributed by atoms with Crippen LogP contribution >= 0.6 is 0 Å². The van der Waals surface area contributed by atoms with Crippen LogP contribution in [0.2, 0.25) is 0 Å². The fraction of sp³-hybridized carbons (Fsp3) is 0.846. The maximum absolute atomic E-state index is 12.3. The normalized spacial score (nSPS) is 28.8. The molecule has 2 N–H and O–H groups in total. The van der Waals surface area contributed by atoms with Gasteiger partial charge in [-0.1, -0.05) is 0 Å². The zero-order valence-electron chi connectivity index (χ0n) is 11.2. The van der Waals surface area contributed by atoms with Gasteiger partial charge in [0.2, 0.25) is 5.91 Å². The van der Waals surface area contributed by atoms with E-state index < -0.39 is 0 Å². The molecule has 0 bridgehead atoms. The summed E-state index contributed by atoms with van der Waals surface area (Å²) in [4.78, 5) is 27.8. The van der Waals surface area contributed by atoms with Crippen LogP contribution in [0.5, 0.6) is 0 Å². The summed E-state index contributed by atoms with van der Waals surface area (Å²) in [5.41, 5.74) is 0. The van der Waals surface area contributed by atoms with E-state index in [0.717, 1.165) is 58.4 Å². The second-order valence-electron chi connectivity index (χ2n) is 5.63. The van der Waals surface area contributed by atoms with E-state index in [1.165, 1.54) is 0 Å². The molecule has 3 amide bonds. The highest BCUT2D eigenvalue weighted by atomic mass is 16.2. The molecule has 6 heteroatoms. The van der Waals surface area contributed by atoms with E-state index in [1.54, 1.807) is 0 Å². The molecule has 3 aliphatic heterocycles. The summed E-state index contributed by atoms with van der Waals surface area (Å²) in [6, 6.07) is 0.400. The largest absolute Gasteiger partial charge is 0.341 e. The van der Waals surface area contributed by atoms with Crippen molar-refractivity contribution in [1.82, 2.24) is 20.4 Å². The highest BCUT2D eigenvalue weighted by Gasteiger charge is 2.34. The number of rotatable bonds is 2. The van der Waals surface area contributed by atoms with Gasteiger partial charge in [0.05, 0.1) is 6.04 Å². The monoisotopic (exact) mass is 266 g/mol. The summed E-state index contributed by atoms with van der Waals surface area (Å²) < 4.78 is 0. The summed E-state index contributed by atoms with van der Waals surface area (Å²) in [5, 5.41) is 6.10. The Balaban J connectivity index is 1.51. The number of likely N-dealkylation sites (tertiary alicyclic amines) is 1. The third-order valence-corrected chi connectivity index (χ3v) is 4.47. The average Bonchev–Trinajstić information content (AvgIpc) is 3.09. The zero-order chi connectivity index (χ0) is 13.2. The number of amides is 3. The SMILES string of the molecule is O=C([C@@H]1CCCN1)N1CCC(N2CCNC2=O)CC1. The lowest BCUT2D eigenvalue weighted by atomic mass is 10.0. The maximum atomic E-state index is 12.3. The first-order valence-corrected chi connectivity index (χ1v) is 7.32. The van der Waals surface area contributed by atoms with Crippen molar-refractivity contribution in [2.45, 2.75) is 37.8 Å². The molecule has 0 aromatic rings. The van der Waals surface area contributed by atoms with Crippen molar-refractivity contribution >= 4 is 11.9 Å². The highest BCUT2D eigenvalue weighted by molar-refractivity contribution is 5.82. The Morgan fingerprint density at radius 2 is 1.89 bits per heavy atom. The molecule has 0 aliphatic carbocycles. The number of nitrogens with one attached hydrogen (secondary N) is 2. The van der Waals surface area contributed by atoms with Gasteiger partial charge in [0.1, 0.15) is 0 Å². The highest BCUT2D eigenvalue weighted by Crippen LogP contribution is 2.20. The van der Waals surface area contributed by atoms with E-state index in [9.17, 15) is 9.59 Å². The summed E-state index contributed by atoms with van der Waals surface area (Å²) in [7, 11) is 0. The van der Waals surface area contributed by atoms with Gasteiger partial charge in [0, 0.05) is 32.2 Å². The summed E-state index contributed by atoms with van der Waals surface area (Å²) in [6.07, 6.45) is 3.88. The third kappa shape index (κ3) is 2.54. The van der Waals surface area contributed by atoms with Crippen LogP contribution in [0, 0.1) is 0 Å². The molecule has 106 valence electrons. The molecule has 0 saturated carbocycles. The number of carbonyl (C=O) groups is 2. The first-order valence-electron chi connectivity index (χ1n) is 7.32. The van der Waals surface area contributed by atoms with Crippen LogP contribution in [0.1, 0.15) is 25.7 Å². The number of hydrogen-bond donors (Lipinski definition) is 2.